The average molecular weight is 376 g/mol. The number of ether oxygens (including phenoxy) is 1. The van der Waals surface area contributed by atoms with Gasteiger partial charge in [-0.05, 0) is 37.1 Å². The van der Waals surface area contributed by atoms with Gasteiger partial charge in [-0.2, -0.15) is 0 Å². The summed E-state index contributed by atoms with van der Waals surface area (Å²) in [5.41, 5.74) is 2.59. The van der Waals surface area contributed by atoms with Crippen LogP contribution in [0.3, 0.4) is 0 Å². The van der Waals surface area contributed by atoms with Gasteiger partial charge in [0.15, 0.2) is 0 Å². The van der Waals surface area contributed by atoms with Gasteiger partial charge in [-0.3, -0.25) is 9.78 Å². The van der Waals surface area contributed by atoms with Gasteiger partial charge in [0.1, 0.15) is 5.82 Å². The van der Waals surface area contributed by atoms with Gasteiger partial charge in [0.25, 0.3) is 5.91 Å². The van der Waals surface area contributed by atoms with Crippen LogP contribution < -0.4 is 0 Å². The molecule has 144 valence electrons. The van der Waals surface area contributed by atoms with E-state index >= 15 is 0 Å². The molecule has 28 heavy (non-hydrogen) atoms. The second kappa shape index (κ2) is 8.35. The zero-order valence-electron chi connectivity index (χ0n) is 16.0. The number of hydrogen-bond acceptors (Lipinski definition) is 4. The number of likely N-dealkylation sites (tertiary alicyclic amines) is 1. The maximum absolute atomic E-state index is 12.9. The van der Waals surface area contributed by atoms with E-state index in [1.165, 1.54) is 0 Å². The van der Waals surface area contributed by atoms with Gasteiger partial charge in [-0.25, -0.2) is 4.98 Å². The summed E-state index contributed by atoms with van der Waals surface area (Å²) in [5, 5.41) is 0. The van der Waals surface area contributed by atoms with Crippen LogP contribution >= 0.6 is 0 Å². The quantitative estimate of drug-likeness (QED) is 0.685. The molecule has 0 spiro atoms. The molecule has 2 aromatic heterocycles. The summed E-state index contributed by atoms with van der Waals surface area (Å²) in [6, 6.07) is 13.5. The number of nitrogens with zero attached hydrogens (tertiary/aromatic N) is 4. The van der Waals surface area contributed by atoms with E-state index in [0.717, 1.165) is 29.9 Å². The van der Waals surface area contributed by atoms with Crippen molar-refractivity contribution < 1.29 is 9.53 Å². The highest BCUT2D eigenvalue weighted by molar-refractivity contribution is 5.95. The molecule has 0 unspecified atom stereocenters. The molecule has 1 saturated heterocycles. The molecule has 0 saturated carbocycles. The number of pyridine rings is 1. The Balaban J connectivity index is 1.35. The molecule has 1 fully saturated rings. The monoisotopic (exact) mass is 376 g/mol. The molecule has 1 aliphatic rings. The Kier molecular flexibility index (Phi) is 5.48. The van der Waals surface area contributed by atoms with Crippen LogP contribution in [0.4, 0.5) is 0 Å². The summed E-state index contributed by atoms with van der Waals surface area (Å²) >= 11 is 0. The first-order chi connectivity index (χ1) is 13.7. The van der Waals surface area contributed by atoms with Crippen LogP contribution in [0, 0.1) is 0 Å². The van der Waals surface area contributed by atoms with E-state index in [9.17, 15) is 4.79 Å². The van der Waals surface area contributed by atoms with E-state index in [1.807, 2.05) is 65.2 Å². The number of piperidine rings is 1. The number of aryl methyl sites for hydroxylation is 1. The van der Waals surface area contributed by atoms with Crippen LogP contribution in [0.15, 0.2) is 61.1 Å². The molecule has 4 rings (SSSR count). The summed E-state index contributed by atoms with van der Waals surface area (Å²) in [6.07, 6.45) is 7.30. The Morgan fingerprint density at radius 3 is 2.68 bits per heavy atom. The van der Waals surface area contributed by atoms with Crippen molar-refractivity contribution >= 4 is 5.91 Å². The fourth-order valence-electron chi connectivity index (χ4n) is 3.53. The maximum atomic E-state index is 12.9. The van der Waals surface area contributed by atoms with Crippen LogP contribution in [-0.4, -0.2) is 44.5 Å². The van der Waals surface area contributed by atoms with Crippen LogP contribution in [-0.2, 0) is 18.4 Å². The Bertz CT molecular complexity index is 930. The average Bonchev–Trinajstić information content (AvgIpc) is 3.19. The van der Waals surface area contributed by atoms with Crippen molar-refractivity contribution in [1.29, 1.82) is 0 Å². The third kappa shape index (κ3) is 4.12. The van der Waals surface area contributed by atoms with Crippen molar-refractivity contribution in [3.8, 4) is 11.4 Å². The Hall–Kier alpha value is -2.99. The molecule has 0 atom stereocenters. The third-order valence-electron chi connectivity index (χ3n) is 5.11. The highest BCUT2D eigenvalue weighted by Crippen LogP contribution is 2.21. The predicted molar refractivity (Wildman–Crippen MR) is 107 cm³/mol. The molecular weight excluding hydrogens is 352 g/mol. The molecular formula is C22H24N4O2. The number of aromatic nitrogens is 3. The smallest absolute Gasteiger partial charge is 0.253 e. The second-order valence-corrected chi connectivity index (χ2v) is 7.07. The Morgan fingerprint density at radius 1 is 1.11 bits per heavy atom. The summed E-state index contributed by atoms with van der Waals surface area (Å²) in [4.78, 5) is 23.5. The third-order valence-corrected chi connectivity index (χ3v) is 5.11. The number of benzene rings is 1. The molecule has 0 aliphatic carbocycles. The number of hydrogen-bond donors (Lipinski definition) is 0. The Morgan fingerprint density at radius 2 is 1.96 bits per heavy atom. The van der Waals surface area contributed by atoms with E-state index in [4.69, 9.17) is 4.74 Å². The first-order valence-electron chi connectivity index (χ1n) is 9.59. The molecule has 0 N–H and O–H groups in total. The summed E-state index contributed by atoms with van der Waals surface area (Å²) in [5.74, 6) is 0.926. The number of carbonyl (C=O) groups excluding carboxylic acids is 1. The molecule has 6 nitrogen and oxygen atoms in total. The first kappa shape index (κ1) is 18.4. The molecule has 6 heteroatoms. The van der Waals surface area contributed by atoms with E-state index in [-0.39, 0.29) is 12.0 Å². The molecule has 3 aromatic rings. The van der Waals surface area contributed by atoms with Crippen molar-refractivity contribution in [3.05, 3.63) is 72.3 Å². The fourth-order valence-corrected chi connectivity index (χ4v) is 3.53. The van der Waals surface area contributed by atoms with Gasteiger partial charge >= 0.3 is 0 Å². The van der Waals surface area contributed by atoms with Gasteiger partial charge in [0.2, 0.25) is 0 Å². The molecule has 3 heterocycles. The molecule has 0 bridgehead atoms. The van der Waals surface area contributed by atoms with Crippen LogP contribution in [0.5, 0.6) is 0 Å². The Labute approximate surface area is 164 Å². The highest BCUT2D eigenvalue weighted by Gasteiger charge is 2.24. The molecule has 1 aromatic carbocycles. The van der Waals surface area contributed by atoms with Crippen molar-refractivity contribution in [2.24, 2.45) is 7.05 Å². The van der Waals surface area contributed by atoms with Gasteiger partial charge in [0, 0.05) is 49.9 Å². The van der Waals surface area contributed by atoms with Gasteiger partial charge in [-0.15, -0.1) is 0 Å². The lowest BCUT2D eigenvalue weighted by molar-refractivity contribution is -0.00160. The minimum absolute atomic E-state index is 0.0687. The topological polar surface area (TPSA) is 60.2 Å². The lowest BCUT2D eigenvalue weighted by atomic mass is 10.0. The van der Waals surface area contributed by atoms with E-state index < -0.39 is 0 Å². The van der Waals surface area contributed by atoms with E-state index in [1.54, 1.807) is 12.4 Å². The van der Waals surface area contributed by atoms with Gasteiger partial charge < -0.3 is 14.2 Å². The van der Waals surface area contributed by atoms with E-state index in [2.05, 4.69) is 9.97 Å². The molecule has 1 aliphatic heterocycles. The van der Waals surface area contributed by atoms with Crippen LogP contribution in [0.25, 0.3) is 11.4 Å². The summed E-state index contributed by atoms with van der Waals surface area (Å²) < 4.78 is 7.92. The predicted octanol–water partition coefficient (Wildman–Crippen LogP) is 3.30. The highest BCUT2D eigenvalue weighted by atomic mass is 16.5. The van der Waals surface area contributed by atoms with Crippen molar-refractivity contribution in [1.82, 2.24) is 19.4 Å². The normalized spacial score (nSPS) is 15.0. The number of rotatable bonds is 5. The fraction of sp³-hybridized carbons (Fsp3) is 0.318. The van der Waals surface area contributed by atoms with Crippen LogP contribution in [0.1, 0.15) is 28.9 Å². The zero-order chi connectivity index (χ0) is 19.3. The van der Waals surface area contributed by atoms with Crippen LogP contribution in [0.2, 0.25) is 0 Å². The van der Waals surface area contributed by atoms with Crippen molar-refractivity contribution in [3.63, 3.8) is 0 Å². The lowest BCUT2D eigenvalue weighted by Crippen LogP contribution is -2.40. The standard InChI is InChI=1S/C22H24N4O2/c1-25-14-11-24-21(25)17-5-4-6-18(15-17)22(27)26-12-8-20(9-13-26)28-16-19-7-2-3-10-23-19/h2-7,10-11,14-15,20H,8-9,12-13,16H2,1H3. The largest absolute Gasteiger partial charge is 0.372 e. The second-order valence-electron chi connectivity index (χ2n) is 7.07. The SMILES string of the molecule is Cn1ccnc1-c1cccc(C(=O)N2CCC(OCc3ccccn3)CC2)c1. The zero-order valence-corrected chi connectivity index (χ0v) is 16.0. The van der Waals surface area contributed by atoms with Crippen molar-refractivity contribution in [2.45, 2.75) is 25.6 Å². The minimum atomic E-state index is 0.0687. The van der Waals surface area contributed by atoms with Crippen molar-refractivity contribution in [2.75, 3.05) is 13.1 Å². The summed E-state index contributed by atoms with van der Waals surface area (Å²) in [7, 11) is 1.95. The molecule has 1 amide bonds. The first-order valence-corrected chi connectivity index (χ1v) is 9.59. The lowest BCUT2D eigenvalue weighted by Gasteiger charge is -2.32. The van der Waals surface area contributed by atoms with Gasteiger partial charge in [-0.1, -0.05) is 18.2 Å². The molecule has 0 radical (unpaired) electrons. The van der Waals surface area contributed by atoms with E-state index in [0.29, 0.717) is 25.3 Å². The summed E-state index contributed by atoms with van der Waals surface area (Å²) in [6.45, 7) is 1.93. The minimum Gasteiger partial charge on any atom is -0.372 e. The number of amides is 1. The van der Waals surface area contributed by atoms with Gasteiger partial charge in [0.05, 0.1) is 18.4 Å². The maximum Gasteiger partial charge on any atom is 0.253 e. The number of carbonyl (C=O) groups is 1. The number of imidazole rings is 1.